The van der Waals surface area contributed by atoms with Gasteiger partial charge in [-0.3, -0.25) is 19.2 Å². The van der Waals surface area contributed by atoms with Crippen molar-refractivity contribution >= 4 is 29.1 Å². The monoisotopic (exact) mass is 409 g/mol. The standard InChI is InChI=1S/C23H23NO6/c1-15(25)17-7-10-21(29-2)18(12-17)13-23(28)30-14-20(26)16-5-8-19(9-6-16)24-11-3-4-22(24)27/h5-10,12H,3-4,11,13-14H2,1-2H3. The van der Waals surface area contributed by atoms with Crippen LogP contribution in [0, 0.1) is 0 Å². The molecule has 1 saturated heterocycles. The Balaban J connectivity index is 1.58. The minimum atomic E-state index is -0.596. The highest BCUT2D eigenvalue weighted by atomic mass is 16.5. The van der Waals surface area contributed by atoms with Gasteiger partial charge < -0.3 is 14.4 Å². The van der Waals surface area contributed by atoms with Crippen molar-refractivity contribution in [1.82, 2.24) is 0 Å². The third-order valence-electron chi connectivity index (χ3n) is 4.96. The van der Waals surface area contributed by atoms with Gasteiger partial charge in [0.15, 0.2) is 18.2 Å². The van der Waals surface area contributed by atoms with Crippen LogP contribution in [0.15, 0.2) is 42.5 Å². The second-order valence-electron chi connectivity index (χ2n) is 7.04. The molecule has 30 heavy (non-hydrogen) atoms. The number of amides is 1. The van der Waals surface area contributed by atoms with E-state index in [0.29, 0.717) is 35.4 Å². The summed E-state index contributed by atoms with van der Waals surface area (Å²) >= 11 is 0. The fourth-order valence-corrected chi connectivity index (χ4v) is 3.32. The van der Waals surface area contributed by atoms with E-state index in [1.54, 1.807) is 47.4 Å². The van der Waals surface area contributed by atoms with Gasteiger partial charge >= 0.3 is 5.97 Å². The van der Waals surface area contributed by atoms with Crippen LogP contribution in [0.3, 0.4) is 0 Å². The lowest BCUT2D eigenvalue weighted by Crippen LogP contribution is -2.23. The van der Waals surface area contributed by atoms with Gasteiger partial charge in [-0.15, -0.1) is 0 Å². The summed E-state index contributed by atoms with van der Waals surface area (Å²) in [4.78, 5) is 49.6. The molecule has 0 atom stereocenters. The first-order chi connectivity index (χ1) is 14.4. The molecule has 7 nitrogen and oxygen atoms in total. The van der Waals surface area contributed by atoms with Crippen LogP contribution in [0.5, 0.6) is 5.75 Å². The number of Topliss-reactive ketones (excluding diaryl/α,β-unsaturated/α-hetero) is 2. The zero-order valence-electron chi connectivity index (χ0n) is 17.0. The summed E-state index contributed by atoms with van der Waals surface area (Å²) in [7, 11) is 1.47. The van der Waals surface area contributed by atoms with Crippen LogP contribution >= 0.6 is 0 Å². The van der Waals surface area contributed by atoms with Gasteiger partial charge in [0.2, 0.25) is 5.91 Å². The lowest BCUT2D eigenvalue weighted by molar-refractivity contribution is -0.141. The maximum Gasteiger partial charge on any atom is 0.310 e. The number of carbonyl (C=O) groups excluding carboxylic acids is 4. The number of nitrogens with zero attached hydrogens (tertiary/aromatic N) is 1. The van der Waals surface area contributed by atoms with Gasteiger partial charge in [-0.05, 0) is 55.8 Å². The van der Waals surface area contributed by atoms with Crippen LogP contribution in [0.25, 0.3) is 0 Å². The number of hydrogen-bond acceptors (Lipinski definition) is 6. The highest BCUT2D eigenvalue weighted by Gasteiger charge is 2.22. The summed E-state index contributed by atoms with van der Waals surface area (Å²) in [6.07, 6.45) is 1.25. The van der Waals surface area contributed by atoms with E-state index in [-0.39, 0.29) is 23.9 Å². The molecule has 0 bridgehead atoms. The topological polar surface area (TPSA) is 90.0 Å². The van der Waals surface area contributed by atoms with Crippen molar-refractivity contribution in [2.75, 3.05) is 25.2 Å². The van der Waals surface area contributed by atoms with Crippen molar-refractivity contribution in [3.05, 3.63) is 59.2 Å². The number of ether oxygens (including phenoxy) is 2. The van der Waals surface area contributed by atoms with E-state index in [4.69, 9.17) is 9.47 Å². The Morgan fingerprint density at radius 1 is 1.03 bits per heavy atom. The molecule has 1 heterocycles. The minimum Gasteiger partial charge on any atom is -0.496 e. The van der Waals surface area contributed by atoms with Gasteiger partial charge in [0.05, 0.1) is 13.5 Å². The lowest BCUT2D eigenvalue weighted by atomic mass is 10.0. The quantitative estimate of drug-likeness (QED) is 0.492. The Morgan fingerprint density at radius 2 is 1.73 bits per heavy atom. The molecule has 0 unspecified atom stereocenters. The molecule has 3 rings (SSSR count). The number of carbonyl (C=O) groups is 4. The van der Waals surface area contributed by atoms with Crippen LogP contribution in [0.1, 0.15) is 46.0 Å². The molecule has 1 aliphatic heterocycles. The molecular formula is C23H23NO6. The predicted molar refractivity (Wildman–Crippen MR) is 110 cm³/mol. The first-order valence-electron chi connectivity index (χ1n) is 9.66. The molecule has 1 fully saturated rings. The van der Waals surface area contributed by atoms with Gasteiger partial charge in [-0.25, -0.2) is 0 Å². The number of ketones is 2. The van der Waals surface area contributed by atoms with E-state index in [1.807, 2.05) is 0 Å². The average Bonchev–Trinajstić information content (AvgIpc) is 3.17. The summed E-state index contributed by atoms with van der Waals surface area (Å²) in [5.41, 5.74) is 2.13. The van der Waals surface area contributed by atoms with Crippen molar-refractivity contribution in [1.29, 1.82) is 0 Å². The fourth-order valence-electron chi connectivity index (χ4n) is 3.32. The molecule has 0 aliphatic carbocycles. The van der Waals surface area contributed by atoms with E-state index in [0.717, 1.165) is 12.1 Å². The smallest absolute Gasteiger partial charge is 0.310 e. The largest absolute Gasteiger partial charge is 0.496 e. The summed E-state index contributed by atoms with van der Waals surface area (Å²) in [6, 6.07) is 11.5. The first kappa shape index (κ1) is 21.2. The lowest BCUT2D eigenvalue weighted by Gasteiger charge is -2.15. The minimum absolute atomic E-state index is 0.0762. The van der Waals surface area contributed by atoms with Crippen LogP contribution < -0.4 is 9.64 Å². The number of anilines is 1. The zero-order valence-corrected chi connectivity index (χ0v) is 17.0. The Labute approximate surface area is 174 Å². The van der Waals surface area contributed by atoms with Gasteiger partial charge in [-0.1, -0.05) is 0 Å². The average molecular weight is 409 g/mol. The second kappa shape index (κ2) is 9.35. The number of hydrogen-bond donors (Lipinski definition) is 0. The van der Waals surface area contributed by atoms with Gasteiger partial charge in [0, 0.05) is 35.3 Å². The van der Waals surface area contributed by atoms with Crippen molar-refractivity contribution in [3.8, 4) is 5.75 Å². The zero-order chi connectivity index (χ0) is 21.7. The van der Waals surface area contributed by atoms with Crippen molar-refractivity contribution in [3.63, 3.8) is 0 Å². The normalized spacial score (nSPS) is 13.3. The second-order valence-corrected chi connectivity index (χ2v) is 7.04. The molecule has 0 saturated carbocycles. The van der Waals surface area contributed by atoms with E-state index in [9.17, 15) is 19.2 Å². The molecule has 7 heteroatoms. The van der Waals surface area contributed by atoms with Crippen molar-refractivity contribution < 1.29 is 28.7 Å². The molecular weight excluding hydrogens is 386 g/mol. The van der Waals surface area contributed by atoms with Gasteiger partial charge in [0.25, 0.3) is 0 Å². The molecule has 0 aromatic heterocycles. The number of methoxy groups -OCH3 is 1. The molecule has 0 spiro atoms. The third-order valence-corrected chi connectivity index (χ3v) is 4.96. The highest BCUT2D eigenvalue weighted by Crippen LogP contribution is 2.23. The maximum atomic E-state index is 12.3. The van der Waals surface area contributed by atoms with E-state index in [1.165, 1.54) is 14.0 Å². The van der Waals surface area contributed by atoms with E-state index < -0.39 is 12.6 Å². The van der Waals surface area contributed by atoms with Gasteiger partial charge in [0.1, 0.15) is 5.75 Å². The number of esters is 1. The number of rotatable bonds is 8. The Kier molecular flexibility index (Phi) is 6.61. The molecule has 156 valence electrons. The summed E-state index contributed by atoms with van der Waals surface area (Å²) in [5, 5.41) is 0. The summed E-state index contributed by atoms with van der Waals surface area (Å²) < 4.78 is 10.3. The molecule has 2 aromatic rings. The van der Waals surface area contributed by atoms with E-state index >= 15 is 0 Å². The molecule has 0 radical (unpaired) electrons. The third kappa shape index (κ3) is 4.92. The number of benzene rings is 2. The summed E-state index contributed by atoms with van der Waals surface area (Å²) in [5.74, 6) is -0.516. The van der Waals surface area contributed by atoms with Crippen LogP contribution in [-0.2, 0) is 20.7 Å². The predicted octanol–water partition coefficient (Wildman–Crippen LogP) is 2.99. The molecule has 1 aliphatic rings. The van der Waals surface area contributed by atoms with Crippen LogP contribution in [-0.4, -0.2) is 43.7 Å². The Morgan fingerprint density at radius 3 is 2.33 bits per heavy atom. The van der Waals surface area contributed by atoms with E-state index in [2.05, 4.69) is 0 Å². The molecule has 0 N–H and O–H groups in total. The molecule has 1 amide bonds. The fraction of sp³-hybridized carbons (Fsp3) is 0.304. The Hall–Kier alpha value is -3.48. The molecule has 2 aromatic carbocycles. The Bertz CT molecular complexity index is 980. The summed E-state index contributed by atoms with van der Waals surface area (Å²) in [6.45, 7) is 1.72. The highest BCUT2D eigenvalue weighted by molar-refractivity contribution is 6.00. The maximum absolute atomic E-state index is 12.3. The van der Waals surface area contributed by atoms with Crippen molar-refractivity contribution in [2.45, 2.75) is 26.2 Å². The first-order valence-corrected chi connectivity index (χ1v) is 9.66. The van der Waals surface area contributed by atoms with Gasteiger partial charge in [-0.2, -0.15) is 0 Å². The van der Waals surface area contributed by atoms with Crippen LogP contribution in [0.4, 0.5) is 5.69 Å². The van der Waals surface area contributed by atoms with Crippen molar-refractivity contribution in [2.24, 2.45) is 0 Å². The SMILES string of the molecule is COc1ccc(C(C)=O)cc1CC(=O)OCC(=O)c1ccc(N2CCCC2=O)cc1. The van der Waals surface area contributed by atoms with Crippen LogP contribution in [0.2, 0.25) is 0 Å².